The van der Waals surface area contributed by atoms with E-state index in [4.69, 9.17) is 52.1 Å². The molecule has 4 heterocycles. The quantitative estimate of drug-likeness (QED) is 0.0793. The molecule has 0 atom stereocenters. The smallest absolute Gasteiger partial charge is 0.320 e. The van der Waals surface area contributed by atoms with Gasteiger partial charge in [0.05, 0.1) is 26.4 Å². The zero-order chi connectivity index (χ0) is 42.5. The summed E-state index contributed by atoms with van der Waals surface area (Å²) in [6.45, 7) is 11.3. The number of fused-ring (bicyclic) bond motifs is 2. The molecule has 6 rings (SSSR count). The lowest BCUT2D eigenvalue weighted by molar-refractivity contribution is 0.242. The average molecular weight is 866 g/mol. The van der Waals surface area contributed by atoms with E-state index in [-0.39, 0.29) is 23.5 Å². The number of benzene rings is 2. The Morgan fingerprint density at radius 2 is 1.09 bits per heavy atom. The number of pyridine rings is 2. The topological polar surface area (TPSA) is 201 Å². The number of amides is 4. The molecule has 302 valence electrons. The van der Waals surface area contributed by atoms with Gasteiger partial charge < -0.3 is 21.3 Å². The van der Waals surface area contributed by atoms with Crippen molar-refractivity contribution in [2.45, 2.75) is 52.6 Å². The van der Waals surface area contributed by atoms with Crippen molar-refractivity contribution in [1.29, 1.82) is 0 Å². The molecule has 0 bridgehead atoms. The van der Waals surface area contributed by atoms with Gasteiger partial charge >= 0.3 is 12.1 Å². The summed E-state index contributed by atoms with van der Waals surface area (Å²) in [7, 11) is 3.69. The van der Waals surface area contributed by atoms with E-state index in [1.807, 2.05) is 55.6 Å². The molecule has 0 radical (unpaired) electrons. The highest BCUT2D eigenvalue weighted by molar-refractivity contribution is 6.40. The van der Waals surface area contributed by atoms with Crippen LogP contribution in [0, 0.1) is 0 Å². The number of nitrogens with two attached hydrogens (primary N) is 1. The van der Waals surface area contributed by atoms with Crippen molar-refractivity contribution in [3.05, 3.63) is 81.0 Å². The molecule has 58 heavy (non-hydrogen) atoms. The SMILES string of the molecule is CC(C)(C)NC(=O)Nc1nc2nc(N)ncc2cc1-c1c(Cl)cccc1Cl.CN(C)C=Nc1ncc2cc(-c3c(Cl)cccc3Cl)c(NC(=O)NC(C)(C)C)nc2n1. The molecule has 0 aliphatic rings. The first-order chi connectivity index (χ1) is 27.2. The minimum absolute atomic E-state index is 0.0867. The average Bonchev–Trinajstić information content (AvgIpc) is 3.09. The summed E-state index contributed by atoms with van der Waals surface area (Å²) in [5.74, 6) is 0.869. The summed E-state index contributed by atoms with van der Waals surface area (Å²) in [6, 6.07) is 13.1. The Morgan fingerprint density at radius 3 is 1.50 bits per heavy atom. The lowest BCUT2D eigenvalue weighted by Crippen LogP contribution is -2.43. The fraction of sp³-hybridized carbons (Fsp3) is 0.256. The number of hydrogen-bond acceptors (Lipinski definition) is 10. The number of nitrogens with one attached hydrogen (secondary N) is 4. The summed E-state index contributed by atoms with van der Waals surface area (Å²) in [5, 5.41) is 14.2. The number of aromatic nitrogens is 6. The number of anilines is 3. The van der Waals surface area contributed by atoms with Crippen LogP contribution >= 0.6 is 46.4 Å². The molecule has 0 saturated carbocycles. The molecule has 0 unspecified atom stereocenters. The van der Waals surface area contributed by atoms with Gasteiger partial charge in [0.1, 0.15) is 11.6 Å². The Morgan fingerprint density at radius 1 is 0.672 bits per heavy atom. The molecular formula is C39H41Cl4N13O2. The van der Waals surface area contributed by atoms with Gasteiger partial charge in [0.25, 0.3) is 5.95 Å². The number of aliphatic imine (C=N–C) groups is 1. The monoisotopic (exact) mass is 863 g/mol. The number of nitrogen functional groups attached to an aromatic ring is 1. The van der Waals surface area contributed by atoms with Crippen molar-refractivity contribution >= 4 is 110 Å². The molecule has 4 amide bonds. The van der Waals surface area contributed by atoms with Gasteiger partial charge in [0.2, 0.25) is 5.95 Å². The van der Waals surface area contributed by atoms with Gasteiger partial charge in [0, 0.05) is 70.6 Å². The van der Waals surface area contributed by atoms with E-state index in [9.17, 15) is 9.59 Å². The number of carbonyl (C=O) groups excluding carboxylic acids is 2. The van der Waals surface area contributed by atoms with Gasteiger partial charge in [-0.2, -0.15) is 9.97 Å². The van der Waals surface area contributed by atoms with Crippen LogP contribution < -0.4 is 27.0 Å². The number of rotatable bonds is 6. The first-order valence-electron chi connectivity index (χ1n) is 17.6. The van der Waals surface area contributed by atoms with Crippen molar-refractivity contribution in [3.8, 4) is 22.3 Å². The number of urea groups is 2. The van der Waals surface area contributed by atoms with Crippen LogP contribution in [0.4, 0.5) is 33.1 Å². The molecular weight excluding hydrogens is 824 g/mol. The molecule has 4 aromatic heterocycles. The summed E-state index contributed by atoms with van der Waals surface area (Å²) < 4.78 is 0. The number of nitrogens with zero attached hydrogens (tertiary/aromatic N) is 8. The second-order valence-electron chi connectivity index (χ2n) is 15.1. The highest BCUT2D eigenvalue weighted by Gasteiger charge is 2.22. The lowest BCUT2D eigenvalue weighted by atomic mass is 10.0. The van der Waals surface area contributed by atoms with Crippen molar-refractivity contribution < 1.29 is 9.59 Å². The van der Waals surface area contributed by atoms with E-state index < -0.39 is 23.1 Å². The van der Waals surface area contributed by atoms with E-state index in [1.165, 1.54) is 0 Å². The third kappa shape index (κ3) is 11.5. The Hall–Kier alpha value is -5.61. The lowest BCUT2D eigenvalue weighted by Gasteiger charge is -2.21. The molecule has 0 aliphatic carbocycles. The van der Waals surface area contributed by atoms with Crippen molar-refractivity contribution in [3.63, 3.8) is 0 Å². The number of carbonyl (C=O) groups is 2. The number of hydrogen-bond donors (Lipinski definition) is 5. The predicted octanol–water partition coefficient (Wildman–Crippen LogP) is 9.64. The normalized spacial score (nSPS) is 11.6. The van der Waals surface area contributed by atoms with E-state index in [2.05, 4.69) is 56.2 Å². The number of halogens is 4. The summed E-state index contributed by atoms with van der Waals surface area (Å²) >= 11 is 25.6. The highest BCUT2D eigenvalue weighted by Crippen LogP contribution is 2.40. The summed E-state index contributed by atoms with van der Waals surface area (Å²) in [5.41, 5.74) is 7.74. The molecule has 19 heteroatoms. The minimum atomic E-state index is -0.431. The minimum Gasteiger partial charge on any atom is -0.369 e. The molecule has 0 saturated heterocycles. The first kappa shape index (κ1) is 43.5. The second kappa shape index (κ2) is 17.9. The third-order valence-corrected chi connectivity index (χ3v) is 8.71. The summed E-state index contributed by atoms with van der Waals surface area (Å²) in [4.78, 5) is 56.7. The Kier molecular flexibility index (Phi) is 13.4. The third-order valence-electron chi connectivity index (χ3n) is 7.45. The molecule has 6 aromatic rings. The highest BCUT2D eigenvalue weighted by atomic mass is 35.5. The molecule has 6 N–H and O–H groups in total. The predicted molar refractivity (Wildman–Crippen MR) is 236 cm³/mol. The zero-order valence-electron chi connectivity index (χ0n) is 32.8. The van der Waals surface area contributed by atoms with E-state index >= 15 is 0 Å². The fourth-order valence-electron chi connectivity index (χ4n) is 5.20. The molecule has 15 nitrogen and oxygen atoms in total. The maximum atomic E-state index is 12.6. The van der Waals surface area contributed by atoms with Gasteiger partial charge in [0.15, 0.2) is 11.3 Å². The van der Waals surface area contributed by atoms with E-state index in [0.717, 1.165) is 0 Å². The summed E-state index contributed by atoms with van der Waals surface area (Å²) in [6.07, 6.45) is 4.76. The zero-order valence-corrected chi connectivity index (χ0v) is 35.9. The standard InChI is InChI=1S/C21H23Cl2N7O.C18H18Cl2N6O/c1-21(2,3)29-20(31)28-18-13(16-14(22)7-6-8-15(16)23)9-12-10-24-19(25-11-30(4)5)27-17(12)26-18;1-18(2,3)26-17(27)25-15-10(13-11(19)5-4-6-12(13)20)7-9-8-22-16(21)24-14(9)23-15/h6-11H,1-5H3,(H2,24,26,27,28,29,31);4-8H,1-3H3,(H4,21,22,23,24,25,26,27). The maximum Gasteiger partial charge on any atom is 0.320 e. The molecule has 2 aromatic carbocycles. The Bertz CT molecular complexity index is 2500. The van der Waals surface area contributed by atoms with Crippen molar-refractivity contribution in [1.82, 2.24) is 45.4 Å². The van der Waals surface area contributed by atoms with Crippen molar-refractivity contribution in [2.75, 3.05) is 30.5 Å². The van der Waals surface area contributed by atoms with Crippen LogP contribution in [0.25, 0.3) is 44.3 Å². The Balaban J connectivity index is 0.000000223. The molecule has 0 fully saturated rings. The second-order valence-corrected chi connectivity index (χ2v) is 16.7. The van der Waals surface area contributed by atoms with Crippen LogP contribution in [-0.2, 0) is 0 Å². The van der Waals surface area contributed by atoms with Gasteiger partial charge in [-0.15, -0.1) is 0 Å². The van der Waals surface area contributed by atoms with Crippen LogP contribution in [0.3, 0.4) is 0 Å². The van der Waals surface area contributed by atoms with E-state index in [1.54, 1.807) is 72.2 Å². The molecule has 0 aliphatic heterocycles. The van der Waals surface area contributed by atoms with E-state index in [0.29, 0.717) is 64.4 Å². The van der Waals surface area contributed by atoms with Gasteiger partial charge in [-0.3, -0.25) is 10.6 Å². The first-order valence-corrected chi connectivity index (χ1v) is 19.1. The fourth-order valence-corrected chi connectivity index (χ4v) is 6.40. The van der Waals surface area contributed by atoms with Gasteiger partial charge in [-0.05, 0) is 77.9 Å². The molecule has 0 spiro atoms. The largest absolute Gasteiger partial charge is 0.369 e. The Labute approximate surface area is 355 Å². The van der Waals surface area contributed by atoms with Crippen LogP contribution in [0.15, 0.2) is 65.9 Å². The van der Waals surface area contributed by atoms with Crippen molar-refractivity contribution in [2.24, 2.45) is 4.99 Å². The van der Waals surface area contributed by atoms with Crippen LogP contribution in [0.2, 0.25) is 20.1 Å². The van der Waals surface area contributed by atoms with Crippen LogP contribution in [0.5, 0.6) is 0 Å². The maximum absolute atomic E-state index is 12.6. The van der Waals surface area contributed by atoms with Crippen LogP contribution in [-0.4, -0.2) is 78.4 Å². The van der Waals surface area contributed by atoms with Gasteiger partial charge in [-0.1, -0.05) is 58.5 Å². The van der Waals surface area contributed by atoms with Crippen LogP contribution in [0.1, 0.15) is 41.5 Å². The van der Waals surface area contributed by atoms with Gasteiger partial charge in [-0.25, -0.2) is 34.5 Å².